The van der Waals surface area contributed by atoms with Crippen molar-refractivity contribution in [2.75, 3.05) is 18.4 Å². The molecule has 5 heteroatoms. The lowest BCUT2D eigenvalue weighted by Crippen LogP contribution is -2.57. The van der Waals surface area contributed by atoms with Crippen molar-refractivity contribution < 1.29 is 9.53 Å². The molecule has 0 aliphatic heterocycles. The first-order valence-corrected chi connectivity index (χ1v) is 11.1. The number of nitrogens with one attached hydrogen (secondary N) is 3. The monoisotopic (exact) mass is 401 g/mol. The van der Waals surface area contributed by atoms with Crippen LogP contribution in [0, 0.1) is 13.8 Å². The van der Waals surface area contributed by atoms with Crippen molar-refractivity contribution in [2.24, 2.45) is 0 Å². The molecule has 0 bridgehead atoms. The average Bonchev–Trinajstić information content (AvgIpc) is 2.70. The minimum atomic E-state index is -0.0804. The molecule has 0 fully saturated rings. The summed E-state index contributed by atoms with van der Waals surface area (Å²) >= 11 is 0. The molecule has 2 rings (SSSR count). The van der Waals surface area contributed by atoms with Crippen molar-refractivity contribution in [3.8, 4) is 0 Å². The van der Waals surface area contributed by atoms with E-state index in [0.717, 1.165) is 38.8 Å². The third-order valence-electron chi connectivity index (χ3n) is 5.81. The van der Waals surface area contributed by atoms with Crippen molar-refractivity contribution in [3.63, 3.8) is 0 Å². The largest absolute Gasteiger partial charge is 0.385 e. The number of benzene rings is 1. The highest BCUT2D eigenvalue weighted by Gasteiger charge is 2.32. The Kier molecular flexibility index (Phi) is 9.68. The van der Waals surface area contributed by atoms with Gasteiger partial charge in [-0.25, -0.2) is 0 Å². The standard InChI is InChI=1S/C24H39N3O2/c1-6-20(7-2)29-23-14-9-13-22(24(23)27-19(5)28)26-16-10-15-25-21-12-8-11-17(3)18(21)4/h8-9,11-12,14,20,22-26H,6-7,10,13,15-16H2,1-5H3,(H,27,28)/t22-,23+,24+/m0/s1. The van der Waals surface area contributed by atoms with Gasteiger partial charge in [-0.15, -0.1) is 0 Å². The fraction of sp³-hybridized carbons (Fsp3) is 0.625. The summed E-state index contributed by atoms with van der Waals surface area (Å²) in [7, 11) is 0. The van der Waals surface area contributed by atoms with E-state index in [1.54, 1.807) is 6.92 Å². The van der Waals surface area contributed by atoms with Crippen molar-refractivity contribution in [1.29, 1.82) is 0 Å². The van der Waals surface area contributed by atoms with Crippen LogP contribution in [0.4, 0.5) is 5.69 Å². The normalized spacial score (nSPS) is 21.4. The minimum absolute atomic E-state index is 0.00756. The molecule has 0 saturated carbocycles. The zero-order chi connectivity index (χ0) is 21.2. The van der Waals surface area contributed by atoms with Gasteiger partial charge in [0, 0.05) is 25.2 Å². The quantitative estimate of drug-likeness (QED) is 0.386. The average molecular weight is 402 g/mol. The number of hydrogen-bond donors (Lipinski definition) is 3. The van der Waals surface area contributed by atoms with Crippen LogP contribution in [0.25, 0.3) is 0 Å². The van der Waals surface area contributed by atoms with Gasteiger partial charge in [0.05, 0.1) is 18.2 Å². The molecule has 0 radical (unpaired) electrons. The molecule has 0 saturated heterocycles. The predicted octanol–water partition coefficient (Wildman–Crippen LogP) is 4.10. The van der Waals surface area contributed by atoms with E-state index in [2.05, 4.69) is 74.0 Å². The molecule has 1 aliphatic carbocycles. The highest BCUT2D eigenvalue weighted by Crippen LogP contribution is 2.20. The maximum absolute atomic E-state index is 11.8. The van der Waals surface area contributed by atoms with Gasteiger partial charge in [-0.1, -0.05) is 38.1 Å². The lowest BCUT2D eigenvalue weighted by molar-refractivity contribution is -0.121. The number of hydrogen-bond acceptors (Lipinski definition) is 4. The second-order valence-electron chi connectivity index (χ2n) is 8.02. The zero-order valence-corrected chi connectivity index (χ0v) is 18.8. The molecule has 5 nitrogen and oxygen atoms in total. The van der Waals surface area contributed by atoms with Gasteiger partial charge in [0.15, 0.2) is 0 Å². The molecule has 1 amide bonds. The van der Waals surface area contributed by atoms with Gasteiger partial charge in [-0.05, 0) is 63.3 Å². The van der Waals surface area contributed by atoms with Crippen LogP contribution in [0.15, 0.2) is 30.4 Å². The lowest BCUT2D eigenvalue weighted by atomic mass is 9.92. The van der Waals surface area contributed by atoms with Crippen LogP contribution in [0.1, 0.15) is 57.6 Å². The molecular formula is C24H39N3O2. The van der Waals surface area contributed by atoms with Crippen LogP contribution in [0.5, 0.6) is 0 Å². The summed E-state index contributed by atoms with van der Waals surface area (Å²) in [5, 5.41) is 10.3. The van der Waals surface area contributed by atoms with Crippen LogP contribution < -0.4 is 16.0 Å². The van der Waals surface area contributed by atoms with E-state index in [1.165, 1.54) is 16.8 Å². The molecule has 0 unspecified atom stereocenters. The molecular weight excluding hydrogens is 362 g/mol. The Bertz CT molecular complexity index is 670. The number of ether oxygens (including phenoxy) is 1. The van der Waals surface area contributed by atoms with E-state index in [1.807, 2.05) is 0 Å². The zero-order valence-electron chi connectivity index (χ0n) is 18.8. The maximum atomic E-state index is 11.8. The second kappa shape index (κ2) is 12.0. The van der Waals surface area contributed by atoms with E-state index in [-0.39, 0.29) is 30.2 Å². The number of amides is 1. The number of anilines is 1. The third-order valence-corrected chi connectivity index (χ3v) is 5.81. The topological polar surface area (TPSA) is 62.4 Å². The summed E-state index contributed by atoms with van der Waals surface area (Å²) in [6.07, 6.45) is 8.31. The van der Waals surface area contributed by atoms with Crippen molar-refractivity contribution in [3.05, 3.63) is 41.5 Å². The number of carbonyl (C=O) groups excluding carboxylic acids is 1. The van der Waals surface area contributed by atoms with Crippen LogP contribution >= 0.6 is 0 Å². The van der Waals surface area contributed by atoms with Crippen LogP contribution in [0.3, 0.4) is 0 Å². The molecule has 1 aromatic carbocycles. The van der Waals surface area contributed by atoms with Gasteiger partial charge in [-0.3, -0.25) is 4.79 Å². The Labute approximate surface area is 176 Å². The lowest BCUT2D eigenvalue weighted by Gasteiger charge is -2.37. The van der Waals surface area contributed by atoms with Gasteiger partial charge < -0.3 is 20.7 Å². The van der Waals surface area contributed by atoms with E-state index in [9.17, 15) is 4.79 Å². The Balaban J connectivity index is 1.86. The molecule has 1 aromatic rings. The van der Waals surface area contributed by atoms with Gasteiger partial charge >= 0.3 is 0 Å². The molecule has 1 aliphatic rings. The van der Waals surface area contributed by atoms with Gasteiger partial charge in [0.25, 0.3) is 0 Å². The summed E-state index contributed by atoms with van der Waals surface area (Å²) in [6.45, 7) is 12.0. The molecule has 0 heterocycles. The summed E-state index contributed by atoms with van der Waals surface area (Å²) in [6, 6.07) is 6.51. The first kappa shape index (κ1) is 23.4. The molecule has 29 heavy (non-hydrogen) atoms. The van der Waals surface area contributed by atoms with Gasteiger partial charge in [0.2, 0.25) is 5.91 Å². The predicted molar refractivity (Wildman–Crippen MR) is 121 cm³/mol. The number of rotatable bonds is 11. The summed E-state index contributed by atoms with van der Waals surface area (Å²) in [5.74, 6) is -0.00756. The van der Waals surface area contributed by atoms with E-state index < -0.39 is 0 Å². The Hall–Kier alpha value is -1.85. The van der Waals surface area contributed by atoms with Crippen LogP contribution in [-0.2, 0) is 9.53 Å². The van der Waals surface area contributed by atoms with E-state index in [0.29, 0.717) is 0 Å². The summed E-state index contributed by atoms with van der Waals surface area (Å²) in [4.78, 5) is 11.8. The summed E-state index contributed by atoms with van der Waals surface area (Å²) < 4.78 is 6.29. The van der Waals surface area contributed by atoms with Crippen molar-refractivity contribution >= 4 is 11.6 Å². The maximum Gasteiger partial charge on any atom is 0.217 e. The smallest absolute Gasteiger partial charge is 0.217 e. The first-order chi connectivity index (χ1) is 14.0. The molecule has 0 aromatic heterocycles. The third kappa shape index (κ3) is 7.16. The van der Waals surface area contributed by atoms with Gasteiger partial charge in [0.1, 0.15) is 0 Å². The van der Waals surface area contributed by atoms with Crippen molar-refractivity contribution in [1.82, 2.24) is 10.6 Å². The number of aryl methyl sites for hydroxylation is 1. The first-order valence-electron chi connectivity index (χ1n) is 11.1. The Morgan fingerprint density at radius 3 is 2.66 bits per heavy atom. The Morgan fingerprint density at radius 2 is 1.97 bits per heavy atom. The van der Waals surface area contributed by atoms with E-state index >= 15 is 0 Å². The highest BCUT2D eigenvalue weighted by molar-refractivity contribution is 5.73. The summed E-state index contributed by atoms with van der Waals surface area (Å²) in [5.41, 5.74) is 3.83. The van der Waals surface area contributed by atoms with Crippen LogP contribution in [0.2, 0.25) is 0 Å². The Morgan fingerprint density at radius 1 is 1.21 bits per heavy atom. The molecule has 3 N–H and O–H groups in total. The van der Waals surface area contributed by atoms with Gasteiger partial charge in [-0.2, -0.15) is 0 Å². The molecule has 3 atom stereocenters. The molecule has 162 valence electrons. The highest BCUT2D eigenvalue weighted by atomic mass is 16.5. The van der Waals surface area contributed by atoms with Crippen molar-refractivity contribution in [2.45, 2.75) is 84.6 Å². The van der Waals surface area contributed by atoms with Crippen LogP contribution in [-0.4, -0.2) is 43.3 Å². The fourth-order valence-electron chi connectivity index (χ4n) is 3.86. The second-order valence-corrected chi connectivity index (χ2v) is 8.02. The minimum Gasteiger partial charge on any atom is -0.385 e. The molecule has 0 spiro atoms. The van der Waals surface area contributed by atoms with E-state index in [4.69, 9.17) is 4.74 Å². The SMILES string of the molecule is CCC(CC)O[C@@H]1C=CC[C@H](NCCCNc2cccc(C)c2C)[C@H]1NC(C)=O. The fourth-order valence-corrected chi connectivity index (χ4v) is 3.86. The number of carbonyl (C=O) groups is 1.